The summed E-state index contributed by atoms with van der Waals surface area (Å²) in [5.74, 6) is -0.989. The van der Waals surface area contributed by atoms with Crippen LogP contribution in [0.15, 0.2) is 22.4 Å². The van der Waals surface area contributed by atoms with Gasteiger partial charge in [0.25, 0.3) is 5.91 Å². The Labute approximate surface area is 194 Å². The number of nitrogens with zero attached hydrogens (tertiary/aromatic N) is 5. The third-order valence-corrected chi connectivity index (χ3v) is 7.31. The van der Waals surface area contributed by atoms with E-state index in [1.54, 1.807) is 12.1 Å². The van der Waals surface area contributed by atoms with Crippen molar-refractivity contribution < 1.29 is 22.5 Å². The predicted octanol–water partition coefficient (Wildman–Crippen LogP) is 0.626. The van der Waals surface area contributed by atoms with Crippen molar-refractivity contribution in [1.29, 1.82) is 0 Å². The molecule has 4 rings (SSSR count). The van der Waals surface area contributed by atoms with Crippen LogP contribution < -0.4 is 0 Å². The van der Waals surface area contributed by atoms with Crippen LogP contribution in [0.4, 0.5) is 0 Å². The van der Waals surface area contributed by atoms with Crippen molar-refractivity contribution in [3.8, 4) is 0 Å². The summed E-state index contributed by atoms with van der Waals surface area (Å²) in [6.07, 6.45) is 2.66. The van der Waals surface area contributed by atoms with E-state index in [-0.39, 0.29) is 36.5 Å². The first-order valence-electron chi connectivity index (χ1n) is 10.5. The van der Waals surface area contributed by atoms with Crippen LogP contribution in [0.1, 0.15) is 30.1 Å². The number of aromatic nitrogens is 1. The van der Waals surface area contributed by atoms with Gasteiger partial charge in [-0.1, -0.05) is 19.0 Å². The first kappa shape index (κ1) is 24.7. The molecule has 32 heavy (non-hydrogen) atoms. The fraction of sp³-hybridized carbons (Fsp3) is 0.650. The first-order chi connectivity index (χ1) is 14.6. The largest absolute Gasteiger partial charge is 0.359 e. The highest BCUT2D eigenvalue weighted by Gasteiger charge is 2.55. The summed E-state index contributed by atoms with van der Waals surface area (Å²) in [5.41, 5.74) is 0.534. The number of hydrogen-bond acceptors (Lipinski definition) is 8. The third kappa shape index (κ3) is 4.43. The Morgan fingerprint density at radius 1 is 1.25 bits per heavy atom. The molecule has 0 aromatic carbocycles. The number of carbonyl (C=O) groups excluding carboxylic acids is 2. The number of amides is 2. The standard InChI is InChI=1S/C20H29N5O5S.ClH/c1-13(2)17-18-16(25(20(17)27)31(4,28)29)5-6-24(18)19(26)15-11-14(30-21-15)12-23-9-7-22(3)8-10-23;/h5,11,13,17-18H,6-10,12H2,1-4H3;1H/t17-,18+;/m1./s1. The molecule has 2 saturated heterocycles. The smallest absolute Gasteiger partial charge is 0.276 e. The maximum atomic E-state index is 13.2. The lowest BCUT2D eigenvalue weighted by Gasteiger charge is -2.31. The van der Waals surface area contributed by atoms with E-state index in [1.165, 1.54) is 4.90 Å². The zero-order valence-corrected chi connectivity index (χ0v) is 20.4. The minimum absolute atomic E-state index is 0. The van der Waals surface area contributed by atoms with E-state index in [0.29, 0.717) is 18.0 Å². The molecule has 2 amide bonds. The van der Waals surface area contributed by atoms with Crippen molar-refractivity contribution in [3.63, 3.8) is 0 Å². The maximum absolute atomic E-state index is 13.2. The molecule has 2 fully saturated rings. The summed E-state index contributed by atoms with van der Waals surface area (Å²) in [4.78, 5) is 32.2. The molecule has 1 aromatic heterocycles. The van der Waals surface area contributed by atoms with Crippen LogP contribution in [-0.2, 0) is 21.4 Å². The Hall–Kier alpha value is -1.95. The molecule has 4 heterocycles. The van der Waals surface area contributed by atoms with Gasteiger partial charge in [0.1, 0.15) is 0 Å². The van der Waals surface area contributed by atoms with E-state index in [4.69, 9.17) is 4.52 Å². The number of likely N-dealkylation sites (N-methyl/N-ethyl adjacent to an activating group) is 1. The van der Waals surface area contributed by atoms with Gasteiger partial charge in [0.05, 0.1) is 30.5 Å². The molecule has 0 N–H and O–H groups in total. The number of halogens is 1. The minimum Gasteiger partial charge on any atom is -0.359 e. The van der Waals surface area contributed by atoms with E-state index in [2.05, 4.69) is 22.0 Å². The average Bonchev–Trinajstić information content (AvgIpc) is 3.36. The van der Waals surface area contributed by atoms with Gasteiger partial charge in [0.15, 0.2) is 11.5 Å². The fourth-order valence-corrected chi connectivity index (χ4v) is 5.65. The zero-order valence-electron chi connectivity index (χ0n) is 18.7. The van der Waals surface area contributed by atoms with Gasteiger partial charge in [0.2, 0.25) is 15.9 Å². The van der Waals surface area contributed by atoms with Crippen molar-refractivity contribution in [2.45, 2.75) is 26.4 Å². The Morgan fingerprint density at radius 2 is 1.91 bits per heavy atom. The fourth-order valence-electron chi connectivity index (χ4n) is 4.64. The summed E-state index contributed by atoms with van der Waals surface area (Å²) in [6.45, 7) is 8.31. The molecule has 1 aromatic rings. The lowest BCUT2D eigenvalue weighted by molar-refractivity contribution is -0.128. The summed E-state index contributed by atoms with van der Waals surface area (Å²) < 4.78 is 30.8. The van der Waals surface area contributed by atoms with Crippen LogP contribution in [0.5, 0.6) is 0 Å². The van der Waals surface area contributed by atoms with Crippen LogP contribution in [0.25, 0.3) is 0 Å². The van der Waals surface area contributed by atoms with Crippen molar-refractivity contribution in [1.82, 2.24) is 24.2 Å². The zero-order chi connectivity index (χ0) is 22.5. The van der Waals surface area contributed by atoms with Gasteiger partial charge >= 0.3 is 0 Å². The number of carbonyl (C=O) groups is 2. The summed E-state index contributed by atoms with van der Waals surface area (Å²) in [5, 5.41) is 3.97. The van der Waals surface area contributed by atoms with Crippen LogP contribution in [0, 0.1) is 11.8 Å². The minimum atomic E-state index is -3.77. The molecule has 0 radical (unpaired) electrons. The second kappa shape index (κ2) is 9.12. The molecule has 0 saturated carbocycles. The second-order valence-corrected chi connectivity index (χ2v) is 10.8. The van der Waals surface area contributed by atoms with E-state index >= 15 is 0 Å². The molecule has 2 atom stereocenters. The summed E-state index contributed by atoms with van der Waals surface area (Å²) in [7, 11) is -1.68. The molecular formula is C20H30ClN5O5S. The first-order valence-corrected chi connectivity index (χ1v) is 12.3. The molecule has 10 nitrogen and oxygen atoms in total. The normalized spacial score (nSPS) is 24.7. The van der Waals surface area contributed by atoms with Gasteiger partial charge in [-0.3, -0.25) is 14.5 Å². The summed E-state index contributed by atoms with van der Waals surface area (Å²) >= 11 is 0. The number of fused-ring (bicyclic) bond motifs is 1. The monoisotopic (exact) mass is 487 g/mol. The molecule has 3 aliphatic heterocycles. The third-order valence-electron chi connectivity index (χ3n) is 6.26. The van der Waals surface area contributed by atoms with Gasteiger partial charge in [-0.25, -0.2) is 12.7 Å². The highest BCUT2D eigenvalue weighted by molar-refractivity contribution is 7.89. The van der Waals surface area contributed by atoms with Gasteiger partial charge in [-0.2, -0.15) is 0 Å². The molecule has 0 aliphatic carbocycles. The van der Waals surface area contributed by atoms with Crippen LogP contribution >= 0.6 is 12.4 Å². The van der Waals surface area contributed by atoms with E-state index in [0.717, 1.165) is 36.7 Å². The van der Waals surface area contributed by atoms with Gasteiger partial charge in [-0.05, 0) is 19.0 Å². The molecule has 178 valence electrons. The van der Waals surface area contributed by atoms with Gasteiger partial charge in [-0.15, -0.1) is 12.4 Å². The topological polar surface area (TPSA) is 107 Å². The molecule has 0 unspecified atom stereocenters. The van der Waals surface area contributed by atoms with Crippen molar-refractivity contribution in [3.05, 3.63) is 29.3 Å². The highest BCUT2D eigenvalue weighted by atomic mass is 35.5. The predicted molar refractivity (Wildman–Crippen MR) is 119 cm³/mol. The van der Waals surface area contributed by atoms with Crippen LogP contribution in [-0.4, -0.2) is 96.5 Å². The molecule has 0 bridgehead atoms. The van der Waals surface area contributed by atoms with Crippen LogP contribution in [0.2, 0.25) is 0 Å². The van der Waals surface area contributed by atoms with Crippen LogP contribution in [0.3, 0.4) is 0 Å². The molecule has 12 heteroatoms. The Kier molecular flexibility index (Phi) is 7.04. The van der Waals surface area contributed by atoms with E-state index < -0.39 is 27.9 Å². The molecular weight excluding hydrogens is 458 g/mol. The number of hydrogen-bond donors (Lipinski definition) is 0. The quantitative estimate of drug-likeness (QED) is 0.595. The average molecular weight is 488 g/mol. The lowest BCUT2D eigenvalue weighted by Crippen LogP contribution is -2.43. The SMILES string of the molecule is CC(C)[C@H]1C(=O)N(S(C)(=O)=O)C2=CCN(C(=O)c3cc(CN4CCN(C)CC4)on3)[C@@H]21.Cl. The highest BCUT2D eigenvalue weighted by Crippen LogP contribution is 2.41. The maximum Gasteiger partial charge on any atom is 0.276 e. The Bertz CT molecular complexity index is 1020. The van der Waals surface area contributed by atoms with Gasteiger partial charge < -0.3 is 14.3 Å². The number of sulfonamides is 1. The number of piperazine rings is 1. The van der Waals surface area contributed by atoms with E-state index in [9.17, 15) is 18.0 Å². The van der Waals surface area contributed by atoms with E-state index in [1.807, 2.05) is 13.8 Å². The van der Waals surface area contributed by atoms with Gasteiger partial charge in [0, 0.05) is 38.8 Å². The molecule has 3 aliphatic rings. The summed E-state index contributed by atoms with van der Waals surface area (Å²) in [6, 6.07) is 1.03. The van der Waals surface area contributed by atoms with Crippen molar-refractivity contribution in [2.24, 2.45) is 11.8 Å². The van der Waals surface area contributed by atoms with Crippen molar-refractivity contribution >= 4 is 34.2 Å². The Morgan fingerprint density at radius 3 is 2.50 bits per heavy atom. The van der Waals surface area contributed by atoms with Crippen molar-refractivity contribution in [2.75, 3.05) is 46.0 Å². The number of rotatable bonds is 5. The lowest BCUT2D eigenvalue weighted by atomic mass is 9.89. The molecule has 0 spiro atoms. The Balaban J connectivity index is 0.00000289. The second-order valence-electron chi connectivity index (χ2n) is 8.92.